The number of hydrogen-bond acceptors (Lipinski definition) is 4. The monoisotopic (exact) mass is 464 g/mol. The van der Waals surface area contributed by atoms with E-state index in [-0.39, 0.29) is 11.8 Å². The van der Waals surface area contributed by atoms with E-state index in [1.54, 1.807) is 12.3 Å². The predicted octanol–water partition coefficient (Wildman–Crippen LogP) is 4.32. The Bertz CT molecular complexity index is 1320. The molecule has 0 bridgehead atoms. The fourth-order valence-corrected chi connectivity index (χ4v) is 4.46. The van der Waals surface area contributed by atoms with Gasteiger partial charge in [-0.3, -0.25) is 14.6 Å². The maximum Gasteiger partial charge on any atom is 0.255 e. The minimum Gasteiger partial charge on any atom is -0.348 e. The van der Waals surface area contributed by atoms with Gasteiger partial charge in [0.05, 0.1) is 6.54 Å². The van der Waals surface area contributed by atoms with Crippen molar-refractivity contribution >= 4 is 29.3 Å². The minimum atomic E-state index is -0.164. The number of nitrogens with zero attached hydrogens (tertiary/aromatic N) is 2. The van der Waals surface area contributed by atoms with Crippen LogP contribution in [0.15, 0.2) is 77.8 Å². The number of aliphatic imine (C=N–C) groups is 1. The van der Waals surface area contributed by atoms with Crippen LogP contribution in [-0.4, -0.2) is 43.1 Å². The van der Waals surface area contributed by atoms with Crippen LogP contribution < -0.4 is 10.6 Å². The standard InChI is InChI=1S/C29H28N4O2/c1-33-14-12-22-9-10-27(16-26(22)19-33)32-29(35)24-4-2-3-20(15-24)17-31-28(34)23-7-5-21(6-8-23)25-11-13-30-18-25/h2-11,13,15-16H,12,14,17-19H2,1H3,(H,31,34)(H,32,35). The average Bonchev–Trinajstić information content (AvgIpc) is 3.42. The second-order valence-electron chi connectivity index (χ2n) is 9.07. The molecular weight excluding hydrogens is 436 g/mol. The number of likely N-dealkylation sites (N-methyl/N-ethyl adjacent to an activating group) is 1. The van der Waals surface area contributed by atoms with Crippen molar-refractivity contribution in [2.24, 2.45) is 4.99 Å². The minimum absolute atomic E-state index is 0.151. The summed E-state index contributed by atoms with van der Waals surface area (Å²) in [6.07, 6.45) is 4.82. The highest BCUT2D eigenvalue weighted by Gasteiger charge is 2.15. The zero-order valence-corrected chi connectivity index (χ0v) is 19.8. The van der Waals surface area contributed by atoms with Crippen molar-refractivity contribution < 1.29 is 9.59 Å². The van der Waals surface area contributed by atoms with Crippen molar-refractivity contribution in [1.29, 1.82) is 0 Å². The van der Waals surface area contributed by atoms with Gasteiger partial charge in [-0.15, -0.1) is 0 Å². The molecule has 2 amide bonds. The van der Waals surface area contributed by atoms with Crippen LogP contribution >= 0.6 is 0 Å². The van der Waals surface area contributed by atoms with Gasteiger partial charge in [0.15, 0.2) is 0 Å². The second-order valence-corrected chi connectivity index (χ2v) is 9.07. The summed E-state index contributed by atoms with van der Waals surface area (Å²) in [5.41, 5.74) is 7.64. The molecule has 2 heterocycles. The summed E-state index contributed by atoms with van der Waals surface area (Å²) in [5, 5.41) is 5.95. The third-order valence-electron chi connectivity index (χ3n) is 6.47. The first kappa shape index (κ1) is 22.7. The quantitative estimate of drug-likeness (QED) is 0.571. The second kappa shape index (κ2) is 10.1. The van der Waals surface area contributed by atoms with Crippen LogP contribution in [0, 0.1) is 0 Å². The molecule has 6 heteroatoms. The Kier molecular flexibility index (Phi) is 6.55. The summed E-state index contributed by atoms with van der Waals surface area (Å²) < 4.78 is 0. The van der Waals surface area contributed by atoms with Gasteiger partial charge >= 0.3 is 0 Å². The molecule has 2 N–H and O–H groups in total. The van der Waals surface area contributed by atoms with Crippen molar-refractivity contribution in [2.45, 2.75) is 19.5 Å². The van der Waals surface area contributed by atoms with Crippen LogP contribution in [0.5, 0.6) is 0 Å². The van der Waals surface area contributed by atoms with Gasteiger partial charge in [-0.2, -0.15) is 0 Å². The molecule has 0 unspecified atom stereocenters. The molecule has 35 heavy (non-hydrogen) atoms. The number of hydrogen-bond donors (Lipinski definition) is 2. The summed E-state index contributed by atoms with van der Waals surface area (Å²) in [4.78, 5) is 32.0. The molecular formula is C29H28N4O2. The van der Waals surface area contributed by atoms with Crippen LogP contribution in [0.25, 0.3) is 5.57 Å². The topological polar surface area (TPSA) is 73.8 Å². The van der Waals surface area contributed by atoms with E-state index in [4.69, 9.17) is 0 Å². The van der Waals surface area contributed by atoms with Gasteiger partial charge in [-0.25, -0.2) is 0 Å². The van der Waals surface area contributed by atoms with Gasteiger partial charge in [0.1, 0.15) is 0 Å². The molecule has 0 saturated heterocycles. The van der Waals surface area contributed by atoms with E-state index in [9.17, 15) is 9.59 Å². The van der Waals surface area contributed by atoms with Crippen LogP contribution in [0.1, 0.15) is 43.0 Å². The Morgan fingerprint density at radius 3 is 2.60 bits per heavy atom. The predicted molar refractivity (Wildman–Crippen MR) is 140 cm³/mol. The molecule has 6 nitrogen and oxygen atoms in total. The normalized spacial score (nSPS) is 14.8. The van der Waals surface area contributed by atoms with Crippen molar-refractivity contribution in [3.63, 3.8) is 0 Å². The van der Waals surface area contributed by atoms with Gasteiger partial charge in [0, 0.05) is 42.7 Å². The number of carbonyl (C=O) groups is 2. The number of allylic oxidation sites excluding steroid dienone is 1. The van der Waals surface area contributed by atoms with Crippen LogP contribution in [0.2, 0.25) is 0 Å². The fourth-order valence-electron chi connectivity index (χ4n) is 4.46. The van der Waals surface area contributed by atoms with Crippen LogP contribution in [0.3, 0.4) is 0 Å². The number of carbonyl (C=O) groups excluding carboxylic acids is 2. The SMILES string of the molecule is CN1CCc2ccc(NC(=O)c3cccc(CNC(=O)c4ccc(C5=CC=NC5)cc4)c3)cc2C1. The Morgan fingerprint density at radius 2 is 1.80 bits per heavy atom. The summed E-state index contributed by atoms with van der Waals surface area (Å²) in [7, 11) is 2.11. The molecule has 5 rings (SSSR count). The third-order valence-corrected chi connectivity index (χ3v) is 6.47. The molecule has 0 radical (unpaired) electrons. The smallest absolute Gasteiger partial charge is 0.255 e. The molecule has 3 aromatic carbocycles. The fraction of sp³-hybridized carbons (Fsp3) is 0.207. The lowest BCUT2D eigenvalue weighted by Crippen LogP contribution is -2.26. The molecule has 0 fully saturated rings. The number of fused-ring (bicyclic) bond motifs is 1. The first-order chi connectivity index (χ1) is 17.0. The maximum absolute atomic E-state index is 12.9. The summed E-state index contributed by atoms with van der Waals surface area (Å²) >= 11 is 0. The number of anilines is 1. The Balaban J connectivity index is 1.19. The molecule has 2 aliphatic rings. The Morgan fingerprint density at radius 1 is 0.943 bits per heavy atom. The van der Waals surface area contributed by atoms with Gasteiger partial charge in [0.2, 0.25) is 0 Å². The van der Waals surface area contributed by atoms with Crippen molar-refractivity contribution in [1.82, 2.24) is 10.2 Å². The number of rotatable bonds is 6. The van der Waals surface area contributed by atoms with Crippen LogP contribution in [-0.2, 0) is 19.5 Å². The average molecular weight is 465 g/mol. The first-order valence-corrected chi connectivity index (χ1v) is 11.8. The highest BCUT2D eigenvalue weighted by atomic mass is 16.2. The Labute approximate surface area is 205 Å². The van der Waals surface area contributed by atoms with Gasteiger partial charge in [-0.1, -0.05) is 30.3 Å². The van der Waals surface area contributed by atoms with Crippen LogP contribution in [0.4, 0.5) is 5.69 Å². The van der Waals surface area contributed by atoms with E-state index < -0.39 is 0 Å². The van der Waals surface area contributed by atoms with Gasteiger partial charge < -0.3 is 15.5 Å². The van der Waals surface area contributed by atoms with Gasteiger partial charge in [0.25, 0.3) is 11.8 Å². The molecule has 3 aromatic rings. The highest BCUT2D eigenvalue weighted by molar-refractivity contribution is 6.04. The van der Waals surface area contributed by atoms with E-state index in [2.05, 4.69) is 39.7 Å². The lowest BCUT2D eigenvalue weighted by atomic mass is 9.99. The zero-order chi connectivity index (χ0) is 24.2. The largest absolute Gasteiger partial charge is 0.348 e. The van der Waals surface area contributed by atoms with E-state index >= 15 is 0 Å². The number of benzene rings is 3. The molecule has 0 aromatic heterocycles. The third kappa shape index (κ3) is 5.39. The molecule has 0 aliphatic carbocycles. The number of nitrogens with one attached hydrogen (secondary N) is 2. The van der Waals surface area contributed by atoms with Crippen molar-refractivity contribution in [3.05, 3.63) is 106 Å². The van der Waals surface area contributed by atoms with Crippen molar-refractivity contribution in [3.8, 4) is 0 Å². The molecule has 0 spiro atoms. The zero-order valence-electron chi connectivity index (χ0n) is 19.8. The lowest BCUT2D eigenvalue weighted by Gasteiger charge is -2.25. The molecule has 0 saturated carbocycles. The maximum atomic E-state index is 12.9. The summed E-state index contributed by atoms with van der Waals surface area (Å²) in [5.74, 6) is -0.315. The highest BCUT2D eigenvalue weighted by Crippen LogP contribution is 2.22. The molecule has 0 atom stereocenters. The van der Waals surface area contributed by atoms with Crippen molar-refractivity contribution in [2.75, 3.05) is 25.5 Å². The molecule has 176 valence electrons. The van der Waals surface area contributed by atoms with Gasteiger partial charge in [-0.05, 0) is 83.8 Å². The first-order valence-electron chi connectivity index (χ1n) is 11.8. The summed E-state index contributed by atoms with van der Waals surface area (Å²) in [6, 6.07) is 21.0. The lowest BCUT2D eigenvalue weighted by molar-refractivity contribution is 0.0950. The van der Waals surface area contributed by atoms with E-state index in [0.29, 0.717) is 24.2 Å². The van der Waals surface area contributed by atoms with E-state index in [1.807, 2.05) is 54.6 Å². The molecule has 2 aliphatic heterocycles. The summed E-state index contributed by atoms with van der Waals surface area (Å²) in [6.45, 7) is 2.97. The Hall–Kier alpha value is -4.03. The van der Waals surface area contributed by atoms with E-state index in [0.717, 1.165) is 41.9 Å². The number of amides is 2. The van der Waals surface area contributed by atoms with E-state index in [1.165, 1.54) is 11.1 Å².